The molecule has 8 nitrogen and oxygen atoms in total. The number of methoxy groups -OCH3 is 1. The third-order valence-corrected chi connectivity index (χ3v) is 7.55. The van der Waals surface area contributed by atoms with E-state index in [-0.39, 0.29) is 23.8 Å². The Morgan fingerprint density at radius 1 is 1.03 bits per heavy atom. The Bertz CT molecular complexity index is 1090. The summed E-state index contributed by atoms with van der Waals surface area (Å²) in [7, 11) is 1.52. The number of nitrogens with two attached hydrogens (primary N) is 1. The van der Waals surface area contributed by atoms with Gasteiger partial charge in [-0.25, -0.2) is 0 Å². The van der Waals surface area contributed by atoms with E-state index in [1.807, 2.05) is 23.1 Å². The van der Waals surface area contributed by atoms with Crippen LogP contribution in [0.15, 0.2) is 48.5 Å². The first-order valence-electron chi connectivity index (χ1n) is 12.4. The maximum Gasteiger partial charge on any atom is 0.254 e. The Hall–Kier alpha value is -3.10. The molecule has 4 rings (SSSR count). The lowest BCUT2D eigenvalue weighted by Gasteiger charge is -2.44. The first-order chi connectivity index (χ1) is 17.4. The van der Waals surface area contributed by atoms with Gasteiger partial charge in [0, 0.05) is 37.8 Å². The van der Waals surface area contributed by atoms with Crippen molar-refractivity contribution in [2.75, 3.05) is 33.3 Å². The van der Waals surface area contributed by atoms with E-state index in [2.05, 4.69) is 10.2 Å². The second-order valence-corrected chi connectivity index (χ2v) is 9.80. The van der Waals surface area contributed by atoms with Crippen LogP contribution < -0.4 is 15.8 Å². The van der Waals surface area contributed by atoms with Crippen LogP contribution in [0, 0.1) is 5.92 Å². The highest BCUT2D eigenvalue weighted by Gasteiger charge is 2.38. The first kappa shape index (κ1) is 26.0. The number of halogens is 1. The number of nitrogens with one attached hydrogen (secondary N) is 1. The highest BCUT2D eigenvalue weighted by Crippen LogP contribution is 2.31. The largest absolute Gasteiger partial charge is 0.495 e. The maximum atomic E-state index is 13.4. The molecule has 3 amide bonds. The number of rotatable bonds is 7. The van der Waals surface area contributed by atoms with Crippen LogP contribution >= 0.6 is 11.6 Å². The van der Waals surface area contributed by atoms with E-state index in [1.165, 1.54) is 7.11 Å². The monoisotopic (exact) mass is 512 g/mol. The number of carbonyl (C=O) groups is 3. The molecule has 3 N–H and O–H groups in total. The molecule has 2 aliphatic rings. The lowest BCUT2D eigenvalue weighted by atomic mass is 9.82. The summed E-state index contributed by atoms with van der Waals surface area (Å²) < 4.78 is 5.25. The van der Waals surface area contributed by atoms with E-state index in [0.717, 1.165) is 25.7 Å². The fourth-order valence-corrected chi connectivity index (χ4v) is 5.49. The van der Waals surface area contributed by atoms with Crippen molar-refractivity contribution < 1.29 is 19.1 Å². The Morgan fingerprint density at radius 3 is 2.39 bits per heavy atom. The van der Waals surface area contributed by atoms with E-state index in [1.54, 1.807) is 30.3 Å². The number of hydrogen-bond acceptors (Lipinski definition) is 5. The molecule has 36 heavy (non-hydrogen) atoms. The summed E-state index contributed by atoms with van der Waals surface area (Å²) in [5.74, 6) is -0.532. The smallest absolute Gasteiger partial charge is 0.254 e. The molecule has 3 atom stereocenters. The van der Waals surface area contributed by atoms with E-state index in [0.29, 0.717) is 48.1 Å². The summed E-state index contributed by atoms with van der Waals surface area (Å²) in [4.78, 5) is 42.7. The average molecular weight is 513 g/mol. The summed E-state index contributed by atoms with van der Waals surface area (Å²) in [5, 5.41) is 3.37. The van der Waals surface area contributed by atoms with Crippen LogP contribution in [-0.2, 0) is 9.59 Å². The van der Waals surface area contributed by atoms with E-state index in [4.69, 9.17) is 22.1 Å². The van der Waals surface area contributed by atoms with Gasteiger partial charge in [-0.2, -0.15) is 0 Å². The maximum absolute atomic E-state index is 13.4. The highest BCUT2D eigenvalue weighted by atomic mass is 35.5. The number of piperazine rings is 1. The molecule has 192 valence electrons. The predicted octanol–water partition coefficient (Wildman–Crippen LogP) is 3.01. The van der Waals surface area contributed by atoms with E-state index >= 15 is 0 Å². The van der Waals surface area contributed by atoms with Crippen molar-refractivity contribution in [3.8, 4) is 5.75 Å². The number of nitrogens with zero attached hydrogens (tertiary/aromatic N) is 2. The summed E-state index contributed by atoms with van der Waals surface area (Å²) in [6.07, 6.45) is 3.70. The lowest BCUT2D eigenvalue weighted by Crippen LogP contribution is -2.56. The van der Waals surface area contributed by atoms with Crippen LogP contribution in [0.3, 0.4) is 0 Å². The van der Waals surface area contributed by atoms with Gasteiger partial charge in [0.2, 0.25) is 11.8 Å². The van der Waals surface area contributed by atoms with Gasteiger partial charge in [0.05, 0.1) is 18.1 Å². The Morgan fingerprint density at radius 2 is 1.72 bits per heavy atom. The second kappa shape index (κ2) is 11.8. The summed E-state index contributed by atoms with van der Waals surface area (Å²) in [6.45, 7) is 2.51. The standard InChI is InChI=1S/C27H33ClN4O4/c1-36-23-17-19(11-12-21(23)28)27(35)32-15-13-31(14-16-32)22-10-6-5-9-20(22)26(34)30-24(25(29)33)18-7-3-2-4-8-18/h2-4,7-8,11-12,17,20,22,24H,5-6,9-10,13-16H2,1H3,(H2,29,33)(H,30,34)/t20-,22-,24+/m1/s1. The topological polar surface area (TPSA) is 105 Å². The van der Waals surface area contributed by atoms with Crippen molar-refractivity contribution in [2.45, 2.75) is 37.8 Å². The third-order valence-electron chi connectivity index (χ3n) is 7.24. The second-order valence-electron chi connectivity index (χ2n) is 9.39. The summed E-state index contributed by atoms with van der Waals surface area (Å²) >= 11 is 6.10. The molecule has 1 saturated heterocycles. The van der Waals surface area contributed by atoms with Gasteiger partial charge < -0.3 is 20.7 Å². The highest BCUT2D eigenvalue weighted by molar-refractivity contribution is 6.32. The van der Waals surface area contributed by atoms with Crippen LogP contribution in [0.2, 0.25) is 5.02 Å². The van der Waals surface area contributed by atoms with Crippen LogP contribution in [-0.4, -0.2) is 66.9 Å². The normalized spacial score (nSPS) is 21.4. The lowest BCUT2D eigenvalue weighted by molar-refractivity contribution is -0.133. The summed E-state index contributed by atoms with van der Waals surface area (Å²) in [5.41, 5.74) is 6.84. The molecule has 2 fully saturated rings. The molecule has 0 aromatic heterocycles. The Balaban J connectivity index is 1.40. The quantitative estimate of drug-likeness (QED) is 0.593. The molecule has 1 saturated carbocycles. The number of benzene rings is 2. The molecule has 1 heterocycles. The van der Waals surface area contributed by atoms with Gasteiger partial charge >= 0.3 is 0 Å². The molecule has 0 radical (unpaired) electrons. The zero-order valence-corrected chi connectivity index (χ0v) is 21.2. The molecule has 2 aromatic carbocycles. The molecule has 1 aliphatic heterocycles. The van der Waals surface area contributed by atoms with E-state index < -0.39 is 11.9 Å². The van der Waals surface area contributed by atoms with Crippen molar-refractivity contribution in [1.82, 2.24) is 15.1 Å². The minimum absolute atomic E-state index is 0.0604. The number of ether oxygens (including phenoxy) is 1. The molecule has 0 spiro atoms. The van der Waals surface area contributed by atoms with Gasteiger partial charge in [-0.15, -0.1) is 0 Å². The fourth-order valence-electron chi connectivity index (χ4n) is 5.30. The predicted molar refractivity (Wildman–Crippen MR) is 138 cm³/mol. The Kier molecular flexibility index (Phi) is 8.48. The molecule has 2 aromatic rings. The zero-order chi connectivity index (χ0) is 25.7. The van der Waals surface area contributed by atoms with Crippen LogP contribution in [0.25, 0.3) is 0 Å². The molecule has 1 aliphatic carbocycles. The number of amides is 3. The van der Waals surface area contributed by atoms with Gasteiger partial charge in [-0.05, 0) is 36.6 Å². The van der Waals surface area contributed by atoms with Gasteiger partial charge in [-0.3, -0.25) is 19.3 Å². The molecular formula is C27H33ClN4O4. The van der Waals surface area contributed by atoms with Gasteiger partial charge in [-0.1, -0.05) is 54.8 Å². The minimum Gasteiger partial charge on any atom is -0.495 e. The van der Waals surface area contributed by atoms with Gasteiger partial charge in [0.1, 0.15) is 11.8 Å². The van der Waals surface area contributed by atoms with Crippen molar-refractivity contribution in [3.05, 3.63) is 64.7 Å². The molecule has 0 unspecified atom stereocenters. The van der Waals surface area contributed by atoms with Gasteiger partial charge in [0.15, 0.2) is 0 Å². The van der Waals surface area contributed by atoms with Crippen LogP contribution in [0.4, 0.5) is 0 Å². The molecule has 0 bridgehead atoms. The number of primary amides is 1. The Labute approximate surface area is 216 Å². The fraction of sp³-hybridized carbons (Fsp3) is 0.444. The van der Waals surface area contributed by atoms with Gasteiger partial charge in [0.25, 0.3) is 5.91 Å². The molecule has 9 heteroatoms. The van der Waals surface area contributed by atoms with Crippen molar-refractivity contribution in [1.29, 1.82) is 0 Å². The first-order valence-corrected chi connectivity index (χ1v) is 12.8. The van der Waals surface area contributed by atoms with Crippen LogP contribution in [0.1, 0.15) is 47.6 Å². The minimum atomic E-state index is -0.855. The van der Waals surface area contributed by atoms with Crippen molar-refractivity contribution >= 4 is 29.3 Å². The van der Waals surface area contributed by atoms with E-state index in [9.17, 15) is 14.4 Å². The SMILES string of the molecule is COc1cc(C(=O)N2CCN([C@@H]3CCCC[C@H]3C(=O)N[C@H](C(N)=O)c3ccccc3)CC2)ccc1Cl. The third kappa shape index (κ3) is 5.82. The number of hydrogen-bond donors (Lipinski definition) is 2. The van der Waals surface area contributed by atoms with Crippen LogP contribution in [0.5, 0.6) is 5.75 Å². The van der Waals surface area contributed by atoms with Crippen molar-refractivity contribution in [2.24, 2.45) is 11.7 Å². The zero-order valence-electron chi connectivity index (χ0n) is 20.5. The molecular weight excluding hydrogens is 480 g/mol. The van der Waals surface area contributed by atoms with Crippen molar-refractivity contribution in [3.63, 3.8) is 0 Å². The summed E-state index contributed by atoms with van der Waals surface area (Å²) in [6, 6.07) is 13.3. The number of carbonyl (C=O) groups excluding carboxylic acids is 3. The average Bonchev–Trinajstić information content (AvgIpc) is 2.92.